The van der Waals surface area contributed by atoms with Crippen LogP contribution in [-0.2, 0) is 11.3 Å². The second-order valence-electron chi connectivity index (χ2n) is 6.34. The summed E-state index contributed by atoms with van der Waals surface area (Å²) < 4.78 is 6.85. The summed E-state index contributed by atoms with van der Waals surface area (Å²) in [5, 5.41) is 3.55. The summed E-state index contributed by atoms with van der Waals surface area (Å²) in [6.07, 6.45) is 1.40. The zero-order valence-electron chi connectivity index (χ0n) is 13.5. The molecule has 4 heteroatoms. The van der Waals surface area contributed by atoms with Gasteiger partial charge in [0.1, 0.15) is 0 Å². The van der Waals surface area contributed by atoms with Crippen LogP contribution in [0.5, 0.6) is 0 Å². The van der Waals surface area contributed by atoms with Crippen LogP contribution in [0.3, 0.4) is 0 Å². The minimum absolute atomic E-state index is 0.301. The maximum absolute atomic E-state index is 5.72. The molecule has 1 heterocycles. The van der Waals surface area contributed by atoms with Crippen LogP contribution in [0.4, 0.5) is 5.69 Å². The Morgan fingerprint density at radius 2 is 2.19 bits per heavy atom. The number of ether oxygens (including phenoxy) is 1. The molecule has 0 aromatic heterocycles. The number of benzene rings is 1. The lowest BCUT2D eigenvalue weighted by molar-refractivity contribution is 0.118. The Kier molecular flexibility index (Phi) is 6.08. The van der Waals surface area contributed by atoms with E-state index in [1.54, 1.807) is 0 Å². The molecule has 1 saturated heterocycles. The van der Waals surface area contributed by atoms with Gasteiger partial charge in [0, 0.05) is 30.4 Å². The fourth-order valence-corrected chi connectivity index (χ4v) is 3.35. The smallest absolute Gasteiger partial charge is 0.0750 e. The Morgan fingerprint density at radius 1 is 1.43 bits per heavy atom. The van der Waals surface area contributed by atoms with Crippen molar-refractivity contribution in [3.63, 3.8) is 0 Å². The number of rotatable bonds is 6. The summed E-state index contributed by atoms with van der Waals surface area (Å²) in [6, 6.07) is 7.02. The number of hydrogen-bond acceptors (Lipinski definition) is 3. The maximum Gasteiger partial charge on any atom is 0.0750 e. The Balaban J connectivity index is 2.13. The van der Waals surface area contributed by atoms with Crippen molar-refractivity contribution < 1.29 is 4.74 Å². The average molecular weight is 355 g/mol. The summed E-state index contributed by atoms with van der Waals surface area (Å²) in [5.41, 5.74) is 2.64. The van der Waals surface area contributed by atoms with Crippen LogP contribution in [0, 0.1) is 5.92 Å². The quantitative estimate of drug-likeness (QED) is 0.840. The third-order valence-corrected chi connectivity index (χ3v) is 4.62. The normalized spacial score (nSPS) is 22.0. The molecule has 0 bridgehead atoms. The van der Waals surface area contributed by atoms with E-state index in [4.69, 9.17) is 4.74 Å². The first-order chi connectivity index (χ1) is 9.99. The highest BCUT2D eigenvalue weighted by molar-refractivity contribution is 9.10. The molecular formula is C17H27BrN2O. The minimum Gasteiger partial charge on any atom is -0.376 e. The zero-order chi connectivity index (χ0) is 15.4. The molecule has 1 aromatic carbocycles. The topological polar surface area (TPSA) is 24.5 Å². The van der Waals surface area contributed by atoms with Crippen molar-refractivity contribution in [2.75, 3.05) is 25.1 Å². The Hall–Kier alpha value is -0.580. The minimum atomic E-state index is 0.301. The van der Waals surface area contributed by atoms with Gasteiger partial charge < -0.3 is 15.0 Å². The van der Waals surface area contributed by atoms with E-state index in [1.807, 2.05) is 0 Å². The van der Waals surface area contributed by atoms with Crippen molar-refractivity contribution >= 4 is 21.6 Å². The molecule has 3 nitrogen and oxygen atoms in total. The fourth-order valence-electron chi connectivity index (χ4n) is 2.94. The molecule has 0 amide bonds. The maximum atomic E-state index is 5.72. The van der Waals surface area contributed by atoms with Gasteiger partial charge >= 0.3 is 0 Å². The van der Waals surface area contributed by atoms with E-state index >= 15 is 0 Å². The molecule has 2 atom stereocenters. The highest BCUT2D eigenvalue weighted by Gasteiger charge is 2.28. The lowest BCUT2D eigenvalue weighted by Crippen LogP contribution is -2.37. The molecule has 1 fully saturated rings. The molecule has 1 aromatic rings. The predicted octanol–water partition coefficient (Wildman–Crippen LogP) is 3.81. The number of anilines is 1. The molecule has 2 rings (SSSR count). The van der Waals surface area contributed by atoms with E-state index < -0.39 is 0 Å². The van der Waals surface area contributed by atoms with Gasteiger partial charge in [-0.25, -0.2) is 0 Å². The van der Waals surface area contributed by atoms with Crippen LogP contribution in [0.1, 0.15) is 32.8 Å². The zero-order valence-corrected chi connectivity index (χ0v) is 15.1. The number of nitrogens with one attached hydrogen (secondary N) is 1. The molecule has 21 heavy (non-hydrogen) atoms. The average Bonchev–Trinajstić information content (AvgIpc) is 2.84. The van der Waals surface area contributed by atoms with E-state index in [0.29, 0.717) is 18.1 Å². The molecule has 0 saturated carbocycles. The van der Waals surface area contributed by atoms with Crippen molar-refractivity contribution in [2.45, 2.75) is 45.9 Å². The Labute approximate surface area is 137 Å². The van der Waals surface area contributed by atoms with Crippen molar-refractivity contribution in [1.29, 1.82) is 0 Å². The number of halogens is 1. The molecular weight excluding hydrogens is 328 g/mol. The molecule has 1 N–H and O–H groups in total. The molecule has 0 radical (unpaired) electrons. The second kappa shape index (κ2) is 7.61. The summed E-state index contributed by atoms with van der Waals surface area (Å²) in [5.74, 6) is 0.668. The predicted molar refractivity (Wildman–Crippen MR) is 92.9 cm³/mol. The third kappa shape index (κ3) is 4.44. The SMILES string of the molecule is CC(C)CNCc1cc(Br)ccc1N(C)C1CCOC1C. The molecule has 2 unspecified atom stereocenters. The van der Waals surface area contributed by atoms with Gasteiger partial charge in [-0.3, -0.25) is 0 Å². The molecule has 0 aliphatic carbocycles. The van der Waals surface area contributed by atoms with E-state index in [2.05, 4.69) is 72.2 Å². The van der Waals surface area contributed by atoms with Crippen LogP contribution in [0.15, 0.2) is 22.7 Å². The van der Waals surface area contributed by atoms with E-state index in [0.717, 1.165) is 30.6 Å². The van der Waals surface area contributed by atoms with Crippen LogP contribution >= 0.6 is 15.9 Å². The highest BCUT2D eigenvalue weighted by Crippen LogP contribution is 2.29. The molecule has 1 aliphatic rings. The first-order valence-corrected chi connectivity index (χ1v) is 8.62. The first kappa shape index (κ1) is 16.8. The van der Waals surface area contributed by atoms with Crippen molar-refractivity contribution in [3.8, 4) is 0 Å². The van der Waals surface area contributed by atoms with Gasteiger partial charge in [-0.2, -0.15) is 0 Å². The van der Waals surface area contributed by atoms with Gasteiger partial charge in [0.25, 0.3) is 0 Å². The van der Waals surface area contributed by atoms with E-state index in [1.165, 1.54) is 11.3 Å². The van der Waals surface area contributed by atoms with Crippen LogP contribution in [-0.4, -0.2) is 32.3 Å². The summed E-state index contributed by atoms with van der Waals surface area (Å²) in [6.45, 7) is 9.45. The standard InChI is InChI=1S/C17H27BrN2O/c1-12(2)10-19-11-14-9-15(18)5-6-17(14)20(4)16-7-8-21-13(16)3/h5-6,9,12-13,16,19H,7-8,10-11H2,1-4H3. The summed E-state index contributed by atoms with van der Waals surface area (Å²) in [4.78, 5) is 2.39. The molecule has 1 aliphatic heterocycles. The highest BCUT2D eigenvalue weighted by atomic mass is 79.9. The second-order valence-corrected chi connectivity index (χ2v) is 7.26. The van der Waals surface area contributed by atoms with Gasteiger partial charge in [0.15, 0.2) is 0 Å². The Bertz CT molecular complexity index is 464. The third-order valence-electron chi connectivity index (χ3n) is 4.12. The molecule has 0 spiro atoms. The van der Waals surface area contributed by atoms with Crippen LogP contribution < -0.4 is 10.2 Å². The van der Waals surface area contributed by atoms with Gasteiger partial charge in [-0.05, 0) is 49.6 Å². The van der Waals surface area contributed by atoms with Gasteiger partial charge in [-0.15, -0.1) is 0 Å². The van der Waals surface area contributed by atoms with E-state index in [9.17, 15) is 0 Å². The monoisotopic (exact) mass is 354 g/mol. The Morgan fingerprint density at radius 3 is 2.81 bits per heavy atom. The lowest BCUT2D eigenvalue weighted by Gasteiger charge is -2.31. The van der Waals surface area contributed by atoms with Gasteiger partial charge in [0.2, 0.25) is 0 Å². The van der Waals surface area contributed by atoms with E-state index in [-0.39, 0.29) is 0 Å². The van der Waals surface area contributed by atoms with Crippen molar-refractivity contribution in [3.05, 3.63) is 28.2 Å². The van der Waals surface area contributed by atoms with Crippen molar-refractivity contribution in [2.24, 2.45) is 5.92 Å². The van der Waals surface area contributed by atoms with Crippen molar-refractivity contribution in [1.82, 2.24) is 5.32 Å². The largest absolute Gasteiger partial charge is 0.376 e. The number of nitrogens with zero attached hydrogens (tertiary/aromatic N) is 1. The first-order valence-electron chi connectivity index (χ1n) is 7.82. The van der Waals surface area contributed by atoms with Crippen LogP contribution in [0.2, 0.25) is 0 Å². The summed E-state index contributed by atoms with van der Waals surface area (Å²) >= 11 is 3.59. The van der Waals surface area contributed by atoms with Gasteiger partial charge in [-0.1, -0.05) is 29.8 Å². The number of likely N-dealkylation sites (N-methyl/N-ethyl adjacent to an activating group) is 1. The van der Waals surface area contributed by atoms with Gasteiger partial charge in [0.05, 0.1) is 12.1 Å². The molecule has 118 valence electrons. The fraction of sp³-hybridized carbons (Fsp3) is 0.647. The lowest BCUT2D eigenvalue weighted by atomic mass is 10.1. The van der Waals surface area contributed by atoms with Crippen LogP contribution in [0.25, 0.3) is 0 Å². The summed E-state index contributed by atoms with van der Waals surface area (Å²) in [7, 11) is 2.19. The number of hydrogen-bond donors (Lipinski definition) is 1.